The lowest BCUT2D eigenvalue weighted by atomic mass is 10.2. The highest BCUT2D eigenvalue weighted by atomic mass is 79.9. The maximum Gasteiger partial charge on any atom is 0.141 e. The third-order valence-corrected chi connectivity index (χ3v) is 4.51. The van der Waals surface area contributed by atoms with Crippen molar-refractivity contribution in [2.24, 2.45) is 0 Å². The van der Waals surface area contributed by atoms with E-state index in [2.05, 4.69) is 15.9 Å². The lowest BCUT2D eigenvalue weighted by Crippen LogP contribution is -2.00. The topological polar surface area (TPSA) is 43.1 Å². The smallest absolute Gasteiger partial charge is 0.141 e. The molecule has 6 heteroatoms. The number of nitrogen functional groups attached to an aromatic ring is 1. The van der Waals surface area contributed by atoms with Gasteiger partial charge in [-0.2, -0.15) is 0 Å². The largest absolute Gasteiger partial charge is 0.399 e. The van der Waals surface area contributed by atoms with Gasteiger partial charge in [0.05, 0.1) is 25.9 Å². The molecule has 1 atom stereocenters. The summed E-state index contributed by atoms with van der Waals surface area (Å²) >= 11 is 3.05. The van der Waals surface area contributed by atoms with E-state index in [9.17, 15) is 13.0 Å². The number of hydrogen-bond donors (Lipinski definition) is 1. The van der Waals surface area contributed by atoms with E-state index < -0.39 is 22.4 Å². The Kier molecular flexibility index (Phi) is 4.31. The van der Waals surface area contributed by atoms with E-state index in [0.29, 0.717) is 10.0 Å². The average molecular weight is 346 g/mol. The van der Waals surface area contributed by atoms with Crippen LogP contribution in [0.3, 0.4) is 0 Å². The van der Waals surface area contributed by atoms with E-state index in [1.54, 1.807) is 0 Å². The Balaban J connectivity index is 2.23. The predicted molar refractivity (Wildman–Crippen MR) is 75.0 cm³/mol. The first-order chi connectivity index (χ1) is 8.97. The van der Waals surface area contributed by atoms with Crippen LogP contribution >= 0.6 is 15.9 Å². The standard InChI is InChI=1S/C13H10BrF2NOS/c14-10-5-8(1-3-11(10)15)7-19(18)13-4-2-9(17)6-12(13)16/h1-6H,7,17H2. The maximum atomic E-state index is 13.6. The fourth-order valence-corrected chi connectivity index (χ4v) is 3.12. The van der Waals surface area contributed by atoms with Crippen molar-refractivity contribution in [2.75, 3.05) is 5.73 Å². The van der Waals surface area contributed by atoms with E-state index in [-0.39, 0.29) is 16.3 Å². The van der Waals surface area contributed by atoms with Gasteiger partial charge in [0, 0.05) is 5.69 Å². The van der Waals surface area contributed by atoms with Gasteiger partial charge < -0.3 is 5.73 Å². The lowest BCUT2D eigenvalue weighted by Gasteiger charge is -2.05. The van der Waals surface area contributed by atoms with Gasteiger partial charge in [-0.05, 0) is 51.8 Å². The molecule has 0 saturated carbocycles. The monoisotopic (exact) mass is 345 g/mol. The Labute approximate surface area is 120 Å². The summed E-state index contributed by atoms with van der Waals surface area (Å²) in [4.78, 5) is 0.0923. The highest BCUT2D eigenvalue weighted by Crippen LogP contribution is 2.21. The van der Waals surface area contributed by atoms with Crippen LogP contribution in [0, 0.1) is 11.6 Å². The second-order valence-corrected chi connectivity index (χ2v) is 6.20. The average Bonchev–Trinajstić information content (AvgIpc) is 2.33. The molecule has 2 N–H and O–H groups in total. The first kappa shape index (κ1) is 14.1. The molecule has 2 nitrogen and oxygen atoms in total. The summed E-state index contributed by atoms with van der Waals surface area (Å²) in [5.41, 5.74) is 6.37. The minimum absolute atomic E-state index is 0.0923. The summed E-state index contributed by atoms with van der Waals surface area (Å²) < 4.78 is 39.0. The molecule has 0 aromatic heterocycles. The van der Waals surface area contributed by atoms with Crippen LogP contribution in [0.1, 0.15) is 5.56 Å². The van der Waals surface area contributed by atoms with E-state index in [4.69, 9.17) is 5.73 Å². The molecule has 0 fully saturated rings. The van der Waals surface area contributed by atoms with E-state index in [0.717, 1.165) is 6.07 Å². The van der Waals surface area contributed by atoms with E-state index in [1.807, 2.05) is 0 Å². The second kappa shape index (κ2) is 5.79. The second-order valence-electron chi connectivity index (χ2n) is 3.93. The first-order valence-corrected chi connectivity index (χ1v) is 7.46. The molecule has 0 aliphatic carbocycles. The minimum Gasteiger partial charge on any atom is -0.399 e. The van der Waals surface area contributed by atoms with Crippen molar-refractivity contribution in [3.05, 3.63) is 58.1 Å². The molecule has 0 aliphatic heterocycles. The van der Waals surface area contributed by atoms with Crippen LogP contribution in [-0.2, 0) is 16.6 Å². The zero-order valence-electron chi connectivity index (χ0n) is 9.70. The van der Waals surface area contributed by atoms with E-state index in [1.165, 1.54) is 30.3 Å². The van der Waals surface area contributed by atoms with Crippen molar-refractivity contribution in [2.45, 2.75) is 10.6 Å². The van der Waals surface area contributed by atoms with Gasteiger partial charge >= 0.3 is 0 Å². The Morgan fingerprint density at radius 2 is 1.84 bits per heavy atom. The molecule has 1 unspecified atom stereocenters. The number of anilines is 1. The SMILES string of the molecule is Nc1ccc(S(=O)Cc2ccc(F)c(Br)c2)c(F)c1. The Morgan fingerprint density at radius 1 is 1.11 bits per heavy atom. The highest BCUT2D eigenvalue weighted by Gasteiger charge is 2.12. The van der Waals surface area contributed by atoms with Crippen LogP contribution in [0.2, 0.25) is 0 Å². The molecule has 2 rings (SSSR count). The Hall–Kier alpha value is -1.27. The fourth-order valence-electron chi connectivity index (χ4n) is 1.56. The van der Waals surface area contributed by atoms with Crippen molar-refractivity contribution in [3.63, 3.8) is 0 Å². The summed E-state index contributed by atoms with van der Waals surface area (Å²) in [6.07, 6.45) is 0. The molecule has 0 bridgehead atoms. The third-order valence-electron chi connectivity index (χ3n) is 2.48. The van der Waals surface area contributed by atoms with Gasteiger partial charge in [-0.15, -0.1) is 0 Å². The number of rotatable bonds is 3. The molecule has 0 spiro atoms. The van der Waals surface area contributed by atoms with Crippen LogP contribution in [-0.4, -0.2) is 4.21 Å². The normalized spacial score (nSPS) is 12.4. The van der Waals surface area contributed by atoms with Crippen molar-refractivity contribution >= 4 is 32.4 Å². The molecule has 0 aliphatic rings. The van der Waals surface area contributed by atoms with Gasteiger partial charge in [0.25, 0.3) is 0 Å². The number of benzene rings is 2. The van der Waals surface area contributed by atoms with Crippen LogP contribution in [0.5, 0.6) is 0 Å². The van der Waals surface area contributed by atoms with Crippen LogP contribution in [0.25, 0.3) is 0 Å². The molecule has 0 heterocycles. The zero-order chi connectivity index (χ0) is 14.0. The summed E-state index contributed by atoms with van der Waals surface area (Å²) in [7, 11) is -1.54. The molecular formula is C13H10BrF2NOS. The Bertz CT molecular complexity index is 649. The van der Waals surface area contributed by atoms with Crippen molar-refractivity contribution in [3.8, 4) is 0 Å². The quantitative estimate of drug-likeness (QED) is 0.863. The predicted octanol–water partition coefficient (Wildman–Crippen LogP) is 3.62. The highest BCUT2D eigenvalue weighted by molar-refractivity contribution is 9.10. The van der Waals surface area contributed by atoms with Gasteiger partial charge in [0.2, 0.25) is 0 Å². The molecule has 0 amide bonds. The third kappa shape index (κ3) is 3.39. The van der Waals surface area contributed by atoms with Crippen LogP contribution < -0.4 is 5.73 Å². The molecule has 100 valence electrons. The summed E-state index contributed by atoms with van der Waals surface area (Å²) in [6.45, 7) is 0. The van der Waals surface area contributed by atoms with Crippen LogP contribution in [0.4, 0.5) is 14.5 Å². The summed E-state index contributed by atoms with van der Waals surface area (Å²) in [5.74, 6) is -0.882. The van der Waals surface area contributed by atoms with Gasteiger partial charge in [-0.25, -0.2) is 8.78 Å². The van der Waals surface area contributed by atoms with E-state index >= 15 is 0 Å². The number of nitrogens with two attached hydrogens (primary N) is 1. The molecule has 2 aromatic rings. The van der Waals surface area contributed by atoms with Gasteiger partial charge in [-0.3, -0.25) is 4.21 Å². The van der Waals surface area contributed by atoms with Gasteiger partial charge in [0.15, 0.2) is 0 Å². The number of hydrogen-bond acceptors (Lipinski definition) is 2. The van der Waals surface area contributed by atoms with Crippen molar-refractivity contribution < 1.29 is 13.0 Å². The van der Waals surface area contributed by atoms with Crippen molar-refractivity contribution in [1.29, 1.82) is 0 Å². The summed E-state index contributed by atoms with van der Waals surface area (Å²) in [6, 6.07) is 8.36. The lowest BCUT2D eigenvalue weighted by molar-refractivity contribution is 0.596. The fraction of sp³-hybridized carbons (Fsp3) is 0.0769. The van der Waals surface area contributed by atoms with Crippen molar-refractivity contribution in [1.82, 2.24) is 0 Å². The van der Waals surface area contributed by atoms with Gasteiger partial charge in [0.1, 0.15) is 11.6 Å². The van der Waals surface area contributed by atoms with Crippen LogP contribution in [0.15, 0.2) is 45.8 Å². The number of halogens is 3. The Morgan fingerprint density at radius 3 is 2.47 bits per heavy atom. The molecular weight excluding hydrogens is 336 g/mol. The molecule has 0 saturated heterocycles. The molecule has 2 aromatic carbocycles. The summed E-state index contributed by atoms with van der Waals surface area (Å²) in [5, 5.41) is 0. The molecule has 0 radical (unpaired) electrons. The minimum atomic E-state index is -1.54. The maximum absolute atomic E-state index is 13.6. The zero-order valence-corrected chi connectivity index (χ0v) is 12.1. The molecule has 19 heavy (non-hydrogen) atoms. The van der Waals surface area contributed by atoms with Gasteiger partial charge in [-0.1, -0.05) is 6.07 Å². The first-order valence-electron chi connectivity index (χ1n) is 5.34.